The number of ether oxygens (including phenoxy) is 3. The van der Waals surface area contributed by atoms with Gasteiger partial charge in [-0.15, -0.1) is 11.8 Å². The summed E-state index contributed by atoms with van der Waals surface area (Å²) >= 11 is 1.24. The predicted molar refractivity (Wildman–Crippen MR) is 121 cm³/mol. The van der Waals surface area contributed by atoms with E-state index in [4.69, 9.17) is 19.0 Å². The molecule has 2 heterocycles. The van der Waals surface area contributed by atoms with Crippen molar-refractivity contribution in [3.05, 3.63) is 48.1 Å². The van der Waals surface area contributed by atoms with Crippen molar-refractivity contribution in [3.63, 3.8) is 0 Å². The minimum atomic E-state index is -0.745. The zero-order chi connectivity index (χ0) is 23.1. The Kier molecular flexibility index (Phi) is 7.55. The molecule has 32 heavy (non-hydrogen) atoms. The third-order valence-electron chi connectivity index (χ3n) is 4.17. The lowest BCUT2D eigenvalue weighted by molar-refractivity contribution is 0.183. The van der Waals surface area contributed by atoms with Crippen LogP contribution in [0.25, 0.3) is 11.4 Å². The van der Waals surface area contributed by atoms with Gasteiger partial charge in [-0.2, -0.15) is 9.98 Å². The largest absolute Gasteiger partial charge is 0.493 e. The fourth-order valence-electron chi connectivity index (χ4n) is 2.64. The van der Waals surface area contributed by atoms with E-state index in [9.17, 15) is 4.79 Å². The van der Waals surface area contributed by atoms with E-state index >= 15 is 0 Å². The molecule has 2 aromatic heterocycles. The molecule has 11 heteroatoms. The minimum absolute atomic E-state index is 0.328. The van der Waals surface area contributed by atoms with E-state index in [0.29, 0.717) is 45.4 Å². The van der Waals surface area contributed by atoms with Crippen LogP contribution in [-0.2, 0) is 4.74 Å². The van der Waals surface area contributed by atoms with Crippen molar-refractivity contribution in [3.8, 4) is 22.9 Å². The van der Waals surface area contributed by atoms with Crippen LogP contribution in [0.15, 0.2) is 51.0 Å². The quantitative estimate of drug-likeness (QED) is 0.399. The Morgan fingerprint density at radius 3 is 2.38 bits per heavy atom. The van der Waals surface area contributed by atoms with Gasteiger partial charge < -0.3 is 18.7 Å². The summed E-state index contributed by atoms with van der Waals surface area (Å²) in [4.78, 5) is 29.1. The van der Waals surface area contributed by atoms with E-state index in [1.54, 1.807) is 31.4 Å². The van der Waals surface area contributed by atoms with Gasteiger partial charge in [-0.05, 0) is 30.5 Å². The molecular formula is C21H21N5O5S. The molecule has 0 aliphatic rings. The number of aromatic nitrogens is 3. The number of benzene rings is 1. The van der Waals surface area contributed by atoms with Gasteiger partial charge >= 0.3 is 6.09 Å². The Balaban J connectivity index is 2.08. The van der Waals surface area contributed by atoms with E-state index in [0.717, 1.165) is 5.56 Å². The van der Waals surface area contributed by atoms with E-state index in [1.807, 2.05) is 12.1 Å². The molecule has 0 fully saturated rings. The van der Waals surface area contributed by atoms with Gasteiger partial charge in [0.2, 0.25) is 11.7 Å². The van der Waals surface area contributed by atoms with Crippen LogP contribution in [0.1, 0.15) is 11.6 Å². The molecule has 166 valence electrons. The third-order valence-corrected chi connectivity index (χ3v) is 4.84. The van der Waals surface area contributed by atoms with Crippen molar-refractivity contribution >= 4 is 34.3 Å². The molecular weight excluding hydrogens is 434 g/mol. The number of nitrogens with zero attached hydrogens (tertiary/aromatic N) is 5. The molecule has 0 aliphatic heterocycles. The highest BCUT2D eigenvalue weighted by Gasteiger charge is 2.18. The molecule has 0 atom stereocenters. The first-order valence-corrected chi connectivity index (χ1v) is 10.5. The van der Waals surface area contributed by atoms with Crippen LogP contribution >= 0.6 is 11.8 Å². The summed E-state index contributed by atoms with van der Waals surface area (Å²) in [5.74, 6) is 1.89. The number of aryl methyl sites for hydroxylation is 1. The van der Waals surface area contributed by atoms with Crippen LogP contribution in [0.5, 0.6) is 11.5 Å². The zero-order valence-electron chi connectivity index (χ0n) is 18.1. The molecule has 0 N–H and O–H groups in total. The smallest absolute Gasteiger partial charge is 0.434 e. The summed E-state index contributed by atoms with van der Waals surface area (Å²) in [7, 11) is 4.30. The zero-order valence-corrected chi connectivity index (χ0v) is 19.0. The van der Waals surface area contributed by atoms with E-state index in [1.165, 1.54) is 39.3 Å². The fraction of sp³-hybridized carbons (Fsp3) is 0.238. The highest BCUT2D eigenvalue weighted by molar-refractivity contribution is 8.15. The highest BCUT2D eigenvalue weighted by Crippen LogP contribution is 2.28. The maximum Gasteiger partial charge on any atom is 0.434 e. The first kappa shape index (κ1) is 22.9. The number of hydrogen-bond donors (Lipinski definition) is 0. The van der Waals surface area contributed by atoms with Gasteiger partial charge in [-0.25, -0.2) is 9.79 Å². The number of methoxy groups -OCH3 is 3. The number of pyridine rings is 1. The van der Waals surface area contributed by atoms with Crippen molar-refractivity contribution in [1.29, 1.82) is 0 Å². The first-order chi connectivity index (χ1) is 15.5. The molecule has 3 aromatic rings. The molecule has 0 saturated heterocycles. The van der Waals surface area contributed by atoms with Crippen molar-refractivity contribution in [1.82, 2.24) is 15.1 Å². The molecule has 0 unspecified atom stereocenters. The minimum Gasteiger partial charge on any atom is -0.493 e. The molecule has 0 saturated carbocycles. The number of thioether (sulfide) groups is 1. The molecule has 3 rings (SSSR count). The Morgan fingerprint density at radius 1 is 1.09 bits per heavy atom. The second-order valence-corrected chi connectivity index (χ2v) is 6.95. The van der Waals surface area contributed by atoms with Gasteiger partial charge in [0, 0.05) is 18.6 Å². The number of carbonyl (C=O) groups is 1. The number of aliphatic imine (C=N–C) groups is 2. The lowest BCUT2D eigenvalue weighted by Gasteiger charge is -2.11. The first-order valence-electron chi connectivity index (χ1n) is 9.27. The summed E-state index contributed by atoms with van der Waals surface area (Å²) < 4.78 is 20.3. The van der Waals surface area contributed by atoms with Gasteiger partial charge in [-0.3, -0.25) is 4.98 Å². The van der Waals surface area contributed by atoms with Crippen LogP contribution < -0.4 is 9.47 Å². The van der Waals surface area contributed by atoms with E-state index in [-0.39, 0.29) is 0 Å². The summed E-state index contributed by atoms with van der Waals surface area (Å²) in [6, 6.07) is 8.88. The number of amides is 1. The van der Waals surface area contributed by atoms with Crippen LogP contribution in [0.3, 0.4) is 0 Å². The molecule has 0 bridgehead atoms. The Labute approximate surface area is 188 Å². The number of carbonyl (C=O) groups excluding carboxylic acids is 1. The fourth-order valence-corrected chi connectivity index (χ4v) is 3.15. The van der Waals surface area contributed by atoms with Crippen molar-refractivity contribution < 1.29 is 23.5 Å². The third kappa shape index (κ3) is 5.30. The maximum absolute atomic E-state index is 11.8. The van der Waals surface area contributed by atoms with Crippen molar-refractivity contribution in [2.75, 3.05) is 27.6 Å². The highest BCUT2D eigenvalue weighted by atomic mass is 32.2. The lowest BCUT2D eigenvalue weighted by Crippen LogP contribution is -2.16. The Bertz CT molecular complexity index is 1160. The van der Waals surface area contributed by atoms with E-state index in [2.05, 4.69) is 24.9 Å². The van der Waals surface area contributed by atoms with Crippen molar-refractivity contribution in [2.45, 2.75) is 6.92 Å². The summed E-state index contributed by atoms with van der Waals surface area (Å²) in [5, 5.41) is 4.24. The summed E-state index contributed by atoms with van der Waals surface area (Å²) in [5.41, 5.74) is 2.19. The van der Waals surface area contributed by atoms with Gasteiger partial charge in [0.05, 0.1) is 38.9 Å². The van der Waals surface area contributed by atoms with Gasteiger partial charge in [0.15, 0.2) is 11.5 Å². The molecule has 10 nitrogen and oxygen atoms in total. The maximum atomic E-state index is 11.8. The summed E-state index contributed by atoms with van der Waals surface area (Å²) in [6.45, 7) is 1.72. The van der Waals surface area contributed by atoms with Crippen LogP contribution in [0.4, 0.5) is 10.5 Å². The molecule has 1 aromatic carbocycles. The predicted octanol–water partition coefficient (Wildman–Crippen LogP) is 4.11. The molecule has 1 amide bonds. The van der Waals surface area contributed by atoms with Crippen LogP contribution in [-0.4, -0.2) is 59.6 Å². The van der Waals surface area contributed by atoms with Gasteiger partial charge in [0.25, 0.3) is 0 Å². The van der Waals surface area contributed by atoms with Crippen LogP contribution in [0, 0.1) is 6.92 Å². The summed E-state index contributed by atoms with van der Waals surface area (Å²) in [6.07, 6.45) is 2.55. The molecule has 0 radical (unpaired) electrons. The molecule has 0 spiro atoms. The number of hydrogen-bond acceptors (Lipinski definition) is 10. The normalized spacial score (nSPS) is 11.9. The lowest BCUT2D eigenvalue weighted by atomic mass is 10.2. The van der Waals surface area contributed by atoms with Crippen LogP contribution in [0.2, 0.25) is 0 Å². The average molecular weight is 455 g/mol. The topological polar surface area (TPSA) is 121 Å². The van der Waals surface area contributed by atoms with Gasteiger partial charge in [-0.1, -0.05) is 5.16 Å². The number of rotatable bonds is 6. The SMILES string of the molecule is COC(=O)/N=C(SC)/C(=N/c1ccc(-c2noc(C)n2)cc1)c1cc(OC)c(OC)cn1. The van der Waals surface area contributed by atoms with Crippen molar-refractivity contribution in [2.24, 2.45) is 9.98 Å². The molecule has 0 aliphatic carbocycles. The monoisotopic (exact) mass is 455 g/mol. The Morgan fingerprint density at radius 2 is 1.81 bits per heavy atom. The second kappa shape index (κ2) is 10.5. The average Bonchev–Trinajstić information content (AvgIpc) is 3.27. The van der Waals surface area contributed by atoms with E-state index < -0.39 is 6.09 Å². The van der Waals surface area contributed by atoms with Gasteiger partial charge in [0.1, 0.15) is 10.8 Å². The standard InChI is InChI=1S/C21H21N5O5S/c1-12-23-19(26-31-12)13-6-8-14(9-7-13)24-18(20(32-5)25-21(27)30-4)15-10-16(28-2)17(29-3)11-22-15/h6-11H,1-5H3/b24-18+,25-20-. The second-order valence-electron chi connectivity index (χ2n) is 6.16. The Hall–Kier alpha value is -3.73.